The molecule has 0 aliphatic rings. The minimum atomic E-state index is -0.948. The zero-order chi connectivity index (χ0) is 14.4. The number of carbonyl (C=O) groups excluding carboxylic acids is 2. The molecule has 19 heavy (non-hydrogen) atoms. The molecule has 0 heterocycles. The van der Waals surface area contributed by atoms with Gasteiger partial charge in [-0.1, -0.05) is 0 Å². The number of rotatable bonds is 6. The van der Waals surface area contributed by atoms with Crippen LogP contribution in [0.5, 0.6) is 0 Å². The normalized spacial score (nSPS) is 10.2. The molecule has 0 aliphatic carbocycles. The van der Waals surface area contributed by atoms with Crippen molar-refractivity contribution in [3.63, 3.8) is 0 Å². The molecule has 0 saturated heterocycles. The summed E-state index contributed by atoms with van der Waals surface area (Å²) in [6.07, 6.45) is 1.25. The molecule has 1 aromatic rings. The molecule has 104 valence electrons. The third-order valence-corrected chi connectivity index (χ3v) is 2.45. The Morgan fingerprint density at radius 1 is 1.21 bits per heavy atom. The van der Waals surface area contributed by atoms with Crippen LogP contribution < -0.4 is 16.8 Å². The minimum absolute atomic E-state index is 0.219. The van der Waals surface area contributed by atoms with Gasteiger partial charge in [-0.15, -0.1) is 0 Å². The second kappa shape index (κ2) is 6.67. The van der Waals surface area contributed by atoms with E-state index in [1.165, 1.54) is 0 Å². The quantitative estimate of drug-likeness (QED) is 0.530. The van der Waals surface area contributed by atoms with Crippen molar-refractivity contribution in [3.8, 4) is 0 Å². The van der Waals surface area contributed by atoms with E-state index >= 15 is 0 Å². The summed E-state index contributed by atoms with van der Waals surface area (Å²) >= 11 is 0. The maximum Gasteiger partial charge on any atom is 0.254 e. The fourth-order valence-electron chi connectivity index (χ4n) is 1.50. The Balaban J connectivity index is 2.52. The fourth-order valence-corrected chi connectivity index (χ4v) is 1.50. The van der Waals surface area contributed by atoms with E-state index in [-0.39, 0.29) is 13.0 Å². The number of anilines is 1. The number of nitrogen functional groups attached to an aromatic ring is 1. The van der Waals surface area contributed by atoms with Gasteiger partial charge in [-0.25, -0.2) is 8.78 Å². The van der Waals surface area contributed by atoms with Crippen LogP contribution >= 0.6 is 0 Å². The van der Waals surface area contributed by atoms with Crippen molar-refractivity contribution in [2.45, 2.75) is 19.3 Å². The lowest BCUT2D eigenvalue weighted by atomic mass is 10.1. The predicted molar refractivity (Wildman–Crippen MR) is 66.1 cm³/mol. The summed E-state index contributed by atoms with van der Waals surface area (Å²) in [4.78, 5) is 22.1. The van der Waals surface area contributed by atoms with Crippen molar-refractivity contribution in [2.24, 2.45) is 5.73 Å². The van der Waals surface area contributed by atoms with E-state index < -0.39 is 34.7 Å². The maximum absolute atomic E-state index is 13.5. The van der Waals surface area contributed by atoms with E-state index in [0.29, 0.717) is 12.8 Å². The summed E-state index contributed by atoms with van der Waals surface area (Å²) in [6.45, 7) is 0.238. The van der Waals surface area contributed by atoms with Crippen LogP contribution in [0.2, 0.25) is 0 Å². The van der Waals surface area contributed by atoms with Gasteiger partial charge < -0.3 is 16.8 Å². The van der Waals surface area contributed by atoms with Crippen LogP contribution in [0.15, 0.2) is 12.1 Å². The molecule has 2 amide bonds. The smallest absolute Gasteiger partial charge is 0.254 e. The lowest BCUT2D eigenvalue weighted by Crippen LogP contribution is -2.26. The SMILES string of the molecule is NC(=O)CCCCNC(=O)c1cc(F)cc(N)c1F. The lowest BCUT2D eigenvalue weighted by Gasteiger charge is -2.07. The molecule has 0 fully saturated rings. The minimum Gasteiger partial charge on any atom is -0.396 e. The van der Waals surface area contributed by atoms with E-state index in [0.717, 1.165) is 12.1 Å². The average Bonchev–Trinajstić information content (AvgIpc) is 2.32. The first-order valence-corrected chi connectivity index (χ1v) is 5.73. The molecule has 1 aromatic carbocycles. The predicted octanol–water partition coefficient (Wildman–Crippen LogP) is 0.932. The van der Waals surface area contributed by atoms with Gasteiger partial charge in [0.05, 0.1) is 11.3 Å². The third kappa shape index (κ3) is 4.53. The standard InChI is InChI=1S/C12H15F2N3O2/c13-7-5-8(11(14)9(15)6-7)12(19)17-4-2-1-3-10(16)18/h5-6H,1-4,15H2,(H2,16,18)(H,17,19). The fraction of sp³-hybridized carbons (Fsp3) is 0.333. The topological polar surface area (TPSA) is 98.2 Å². The van der Waals surface area contributed by atoms with Gasteiger partial charge in [-0.2, -0.15) is 0 Å². The highest BCUT2D eigenvalue weighted by atomic mass is 19.1. The summed E-state index contributed by atoms with van der Waals surface area (Å²) in [7, 11) is 0. The number of unbranched alkanes of at least 4 members (excludes halogenated alkanes) is 1. The van der Waals surface area contributed by atoms with Crippen LogP contribution in [0.4, 0.5) is 14.5 Å². The maximum atomic E-state index is 13.5. The number of nitrogens with two attached hydrogens (primary N) is 2. The van der Waals surface area contributed by atoms with Crippen molar-refractivity contribution in [1.82, 2.24) is 5.32 Å². The Morgan fingerprint density at radius 2 is 1.89 bits per heavy atom. The Kier molecular flexibility index (Phi) is 5.23. The van der Waals surface area contributed by atoms with Gasteiger partial charge in [0, 0.05) is 13.0 Å². The number of hydrogen-bond donors (Lipinski definition) is 3. The summed E-state index contributed by atoms with van der Waals surface area (Å²) in [5.41, 5.74) is 9.31. The van der Waals surface area contributed by atoms with E-state index in [9.17, 15) is 18.4 Å². The molecule has 0 spiro atoms. The number of amides is 2. The van der Waals surface area contributed by atoms with Gasteiger partial charge in [0.15, 0.2) is 5.82 Å². The van der Waals surface area contributed by atoms with Crippen molar-refractivity contribution in [3.05, 3.63) is 29.3 Å². The highest BCUT2D eigenvalue weighted by molar-refractivity contribution is 5.95. The van der Waals surface area contributed by atoms with Gasteiger partial charge in [0.2, 0.25) is 5.91 Å². The van der Waals surface area contributed by atoms with Crippen molar-refractivity contribution in [1.29, 1.82) is 0 Å². The van der Waals surface area contributed by atoms with Crippen LogP contribution in [0.25, 0.3) is 0 Å². The number of primary amides is 1. The summed E-state index contributed by atoms with van der Waals surface area (Å²) < 4.78 is 26.5. The van der Waals surface area contributed by atoms with E-state index in [1.54, 1.807) is 0 Å². The molecule has 0 saturated carbocycles. The molecule has 0 radical (unpaired) electrons. The number of carbonyl (C=O) groups is 2. The van der Waals surface area contributed by atoms with Gasteiger partial charge in [0.1, 0.15) is 5.82 Å². The molecule has 5 nitrogen and oxygen atoms in total. The van der Waals surface area contributed by atoms with E-state index in [1.807, 2.05) is 0 Å². The highest BCUT2D eigenvalue weighted by Gasteiger charge is 2.15. The Labute approximate surface area is 109 Å². The number of benzene rings is 1. The van der Waals surface area contributed by atoms with Crippen LogP contribution in [0.3, 0.4) is 0 Å². The third-order valence-electron chi connectivity index (χ3n) is 2.45. The molecule has 0 bridgehead atoms. The molecule has 7 heteroatoms. The van der Waals surface area contributed by atoms with Gasteiger partial charge >= 0.3 is 0 Å². The lowest BCUT2D eigenvalue weighted by molar-refractivity contribution is -0.118. The summed E-state index contributed by atoms with van der Waals surface area (Å²) in [5, 5.41) is 2.41. The van der Waals surface area contributed by atoms with Crippen LogP contribution in [0.1, 0.15) is 29.6 Å². The van der Waals surface area contributed by atoms with Gasteiger partial charge in [-0.3, -0.25) is 9.59 Å². The molecule has 0 atom stereocenters. The Morgan fingerprint density at radius 3 is 2.53 bits per heavy atom. The van der Waals surface area contributed by atoms with Gasteiger partial charge in [-0.05, 0) is 25.0 Å². The van der Waals surface area contributed by atoms with Gasteiger partial charge in [0.25, 0.3) is 5.91 Å². The molecule has 5 N–H and O–H groups in total. The molecular formula is C12H15F2N3O2. The molecule has 0 aliphatic heterocycles. The van der Waals surface area contributed by atoms with Crippen molar-refractivity contribution < 1.29 is 18.4 Å². The first-order valence-electron chi connectivity index (χ1n) is 5.73. The largest absolute Gasteiger partial charge is 0.396 e. The summed E-state index contributed by atoms with van der Waals surface area (Å²) in [6, 6.07) is 1.59. The van der Waals surface area contributed by atoms with Crippen molar-refractivity contribution >= 4 is 17.5 Å². The van der Waals surface area contributed by atoms with Crippen molar-refractivity contribution in [2.75, 3.05) is 12.3 Å². The average molecular weight is 271 g/mol. The zero-order valence-corrected chi connectivity index (χ0v) is 10.2. The molecule has 0 aromatic heterocycles. The van der Waals surface area contributed by atoms with Crippen LogP contribution in [0, 0.1) is 11.6 Å². The highest BCUT2D eigenvalue weighted by Crippen LogP contribution is 2.17. The second-order valence-electron chi connectivity index (χ2n) is 4.04. The molecular weight excluding hydrogens is 256 g/mol. The molecule has 0 unspecified atom stereocenters. The molecule has 1 rings (SSSR count). The van der Waals surface area contributed by atoms with E-state index in [2.05, 4.69) is 5.32 Å². The number of halogens is 2. The Hall–Kier alpha value is -2.18. The van der Waals surface area contributed by atoms with Crippen LogP contribution in [-0.2, 0) is 4.79 Å². The monoisotopic (exact) mass is 271 g/mol. The van der Waals surface area contributed by atoms with Crippen LogP contribution in [-0.4, -0.2) is 18.4 Å². The summed E-state index contributed by atoms with van der Waals surface area (Å²) in [5.74, 6) is -2.90. The number of nitrogens with one attached hydrogen (secondary N) is 1. The van der Waals surface area contributed by atoms with E-state index in [4.69, 9.17) is 11.5 Å². The first-order chi connectivity index (χ1) is 8.91. The first kappa shape index (κ1) is 14.9. The number of hydrogen-bond acceptors (Lipinski definition) is 3. The Bertz CT molecular complexity index is 492. The zero-order valence-electron chi connectivity index (χ0n) is 10.2. The second-order valence-corrected chi connectivity index (χ2v) is 4.04.